The van der Waals surface area contributed by atoms with Gasteiger partial charge in [0, 0.05) is 13.1 Å². The molecule has 146 valence electrons. The lowest BCUT2D eigenvalue weighted by Gasteiger charge is -2.41. The van der Waals surface area contributed by atoms with Crippen molar-refractivity contribution in [1.29, 1.82) is 0 Å². The molecule has 28 heavy (non-hydrogen) atoms. The summed E-state index contributed by atoms with van der Waals surface area (Å²) in [7, 11) is 0. The van der Waals surface area contributed by atoms with Crippen LogP contribution in [0.1, 0.15) is 39.2 Å². The number of nitrogens with zero attached hydrogens (tertiary/aromatic N) is 5. The Kier molecular flexibility index (Phi) is 5.09. The minimum atomic E-state index is 0.259. The molecule has 1 aliphatic rings. The van der Waals surface area contributed by atoms with Crippen LogP contribution in [0.25, 0.3) is 11.0 Å². The van der Waals surface area contributed by atoms with E-state index in [2.05, 4.69) is 59.2 Å². The van der Waals surface area contributed by atoms with Crippen LogP contribution in [0, 0.1) is 0 Å². The van der Waals surface area contributed by atoms with E-state index in [9.17, 15) is 0 Å². The quantitative estimate of drug-likeness (QED) is 0.697. The molecule has 0 unspecified atom stereocenters. The van der Waals surface area contributed by atoms with Crippen molar-refractivity contribution >= 4 is 28.4 Å². The predicted octanol–water partition coefficient (Wildman–Crippen LogP) is 3.90. The molecule has 1 aliphatic heterocycles. The third kappa shape index (κ3) is 4.04. The van der Waals surface area contributed by atoms with E-state index < -0.39 is 0 Å². The van der Waals surface area contributed by atoms with Crippen LogP contribution in [-0.2, 0) is 4.74 Å². The molecular weight excluding hydrogens is 352 g/mol. The molecule has 4 heterocycles. The van der Waals surface area contributed by atoms with Crippen LogP contribution < -0.4 is 10.2 Å². The molecule has 3 aromatic heterocycles. The van der Waals surface area contributed by atoms with Crippen molar-refractivity contribution in [2.75, 3.05) is 23.3 Å². The summed E-state index contributed by atoms with van der Waals surface area (Å²) < 4.78 is 5.84. The van der Waals surface area contributed by atoms with Gasteiger partial charge in [0.15, 0.2) is 5.82 Å². The van der Waals surface area contributed by atoms with Crippen molar-refractivity contribution in [2.45, 2.75) is 45.8 Å². The second-order valence-electron chi connectivity index (χ2n) is 7.79. The highest BCUT2D eigenvalue weighted by Gasteiger charge is 2.28. The highest BCUT2D eigenvalue weighted by Crippen LogP contribution is 2.26. The van der Waals surface area contributed by atoms with Gasteiger partial charge >= 0.3 is 0 Å². The average molecular weight is 378 g/mol. The Hall–Kier alpha value is -2.80. The summed E-state index contributed by atoms with van der Waals surface area (Å²) in [6, 6.07) is 7.96. The summed E-state index contributed by atoms with van der Waals surface area (Å²) in [6.07, 6.45) is 4.25. The van der Waals surface area contributed by atoms with Gasteiger partial charge in [-0.25, -0.2) is 4.98 Å². The first-order chi connectivity index (χ1) is 13.5. The van der Waals surface area contributed by atoms with Crippen molar-refractivity contribution in [3.63, 3.8) is 0 Å². The Morgan fingerprint density at radius 3 is 2.61 bits per heavy atom. The van der Waals surface area contributed by atoms with E-state index in [4.69, 9.17) is 9.72 Å². The average Bonchev–Trinajstić information content (AvgIpc) is 2.64. The third-order valence-electron chi connectivity index (χ3n) is 4.80. The van der Waals surface area contributed by atoms with E-state index in [1.54, 1.807) is 6.20 Å². The second-order valence-corrected chi connectivity index (χ2v) is 7.79. The van der Waals surface area contributed by atoms with Gasteiger partial charge in [0.1, 0.15) is 5.82 Å². The van der Waals surface area contributed by atoms with Gasteiger partial charge in [0.25, 0.3) is 0 Å². The smallest absolute Gasteiger partial charge is 0.154 e. The van der Waals surface area contributed by atoms with Crippen molar-refractivity contribution in [3.05, 3.63) is 42.2 Å². The molecule has 3 aromatic rings. The van der Waals surface area contributed by atoms with E-state index >= 15 is 0 Å². The normalized spacial score (nSPS) is 14.7. The predicted molar refractivity (Wildman–Crippen MR) is 111 cm³/mol. The number of rotatable bonds is 6. The van der Waals surface area contributed by atoms with Gasteiger partial charge in [-0.2, -0.15) is 5.10 Å². The summed E-state index contributed by atoms with van der Waals surface area (Å²) in [5, 5.41) is 11.5. The zero-order valence-electron chi connectivity index (χ0n) is 16.8. The number of ether oxygens (including phenoxy) is 1. The molecule has 0 radical (unpaired) electrons. The molecule has 4 rings (SSSR count). The van der Waals surface area contributed by atoms with Gasteiger partial charge in [-0.05, 0) is 49.6 Å². The molecule has 7 heteroatoms. The number of fused-ring (bicyclic) bond motifs is 1. The first-order valence-corrected chi connectivity index (χ1v) is 9.75. The Morgan fingerprint density at radius 1 is 1.04 bits per heavy atom. The van der Waals surface area contributed by atoms with Crippen molar-refractivity contribution in [2.24, 2.45) is 0 Å². The largest absolute Gasteiger partial charge is 0.372 e. The summed E-state index contributed by atoms with van der Waals surface area (Å²) >= 11 is 0. The zero-order chi connectivity index (χ0) is 19.7. The molecule has 0 saturated carbocycles. The van der Waals surface area contributed by atoms with E-state index in [0.717, 1.165) is 41.2 Å². The molecule has 7 nitrogen and oxygen atoms in total. The molecule has 0 aliphatic carbocycles. The fourth-order valence-electron chi connectivity index (χ4n) is 3.25. The monoisotopic (exact) mass is 378 g/mol. The van der Waals surface area contributed by atoms with E-state index in [0.29, 0.717) is 17.8 Å². The molecular formula is C21H26N6O. The molecule has 1 N–H and O–H groups in total. The number of aromatic nitrogens is 4. The summed E-state index contributed by atoms with van der Waals surface area (Å²) in [6.45, 7) is 10.2. The molecule has 0 spiro atoms. The Balaban J connectivity index is 1.51. The Labute approximate surface area is 165 Å². The Bertz CT molecular complexity index is 968. The second kappa shape index (κ2) is 7.67. The van der Waals surface area contributed by atoms with Gasteiger partial charge in [0.05, 0.1) is 41.3 Å². The molecule has 0 atom stereocenters. The number of hydrogen-bond donors (Lipinski definition) is 1. The maximum Gasteiger partial charge on any atom is 0.154 e. The topological polar surface area (TPSA) is 76.1 Å². The summed E-state index contributed by atoms with van der Waals surface area (Å²) in [5.74, 6) is 1.82. The number of anilines is 3. The van der Waals surface area contributed by atoms with Crippen LogP contribution in [0.4, 0.5) is 17.3 Å². The molecule has 1 fully saturated rings. The van der Waals surface area contributed by atoms with Crippen LogP contribution >= 0.6 is 0 Å². The molecule has 0 aromatic carbocycles. The van der Waals surface area contributed by atoms with Crippen LogP contribution in [0.2, 0.25) is 0 Å². The van der Waals surface area contributed by atoms with Crippen LogP contribution in [0.3, 0.4) is 0 Å². The number of hydrogen-bond acceptors (Lipinski definition) is 7. The van der Waals surface area contributed by atoms with Gasteiger partial charge in [-0.3, -0.25) is 4.98 Å². The standard InChI is InChI=1S/C21H26N6O/c1-13(2)15-7-21(26-23-9-15)25-20-6-5-18-19(24-20)8-16(10-22-18)27-11-17(12-27)28-14(3)4/h5-10,13-14,17H,11-12H2,1-4H3,(H,24,25,26). The van der Waals surface area contributed by atoms with Gasteiger partial charge < -0.3 is 15.0 Å². The Morgan fingerprint density at radius 2 is 1.86 bits per heavy atom. The fourth-order valence-corrected chi connectivity index (χ4v) is 3.25. The zero-order valence-corrected chi connectivity index (χ0v) is 16.8. The first-order valence-electron chi connectivity index (χ1n) is 9.75. The summed E-state index contributed by atoms with van der Waals surface area (Å²) in [4.78, 5) is 11.5. The molecule has 1 saturated heterocycles. The van der Waals surface area contributed by atoms with E-state index in [1.807, 2.05) is 24.4 Å². The lowest BCUT2D eigenvalue weighted by molar-refractivity contribution is -0.00719. The molecule has 0 bridgehead atoms. The van der Waals surface area contributed by atoms with Crippen molar-refractivity contribution < 1.29 is 4.74 Å². The fraction of sp³-hybridized carbons (Fsp3) is 0.429. The number of nitrogens with one attached hydrogen (secondary N) is 1. The SMILES string of the molecule is CC(C)OC1CN(c2cnc3ccc(Nc4cc(C(C)C)cnn4)nc3c2)C1. The maximum atomic E-state index is 5.84. The lowest BCUT2D eigenvalue weighted by atomic mass is 10.1. The minimum Gasteiger partial charge on any atom is -0.372 e. The molecule has 0 amide bonds. The third-order valence-corrected chi connectivity index (χ3v) is 4.80. The van der Waals surface area contributed by atoms with E-state index in [1.165, 1.54) is 0 Å². The lowest BCUT2D eigenvalue weighted by Crippen LogP contribution is -2.53. The van der Waals surface area contributed by atoms with Crippen molar-refractivity contribution in [1.82, 2.24) is 20.2 Å². The van der Waals surface area contributed by atoms with Crippen LogP contribution in [0.15, 0.2) is 36.7 Å². The first kappa shape index (κ1) is 18.6. The highest BCUT2D eigenvalue weighted by atomic mass is 16.5. The highest BCUT2D eigenvalue weighted by molar-refractivity contribution is 5.80. The van der Waals surface area contributed by atoms with Gasteiger partial charge in [0.2, 0.25) is 0 Å². The minimum absolute atomic E-state index is 0.259. The van der Waals surface area contributed by atoms with Crippen LogP contribution in [0.5, 0.6) is 0 Å². The van der Waals surface area contributed by atoms with Gasteiger partial charge in [-0.1, -0.05) is 13.8 Å². The van der Waals surface area contributed by atoms with E-state index in [-0.39, 0.29) is 6.10 Å². The maximum absolute atomic E-state index is 5.84. The summed E-state index contributed by atoms with van der Waals surface area (Å²) in [5.41, 5.74) is 3.93. The van der Waals surface area contributed by atoms with Crippen molar-refractivity contribution in [3.8, 4) is 0 Å². The van der Waals surface area contributed by atoms with Gasteiger partial charge in [-0.15, -0.1) is 5.10 Å². The van der Waals surface area contributed by atoms with Crippen LogP contribution in [-0.4, -0.2) is 45.5 Å². The number of pyridine rings is 2.